The summed E-state index contributed by atoms with van der Waals surface area (Å²) < 4.78 is 6.16. The topological polar surface area (TPSA) is 31.8 Å². The van der Waals surface area contributed by atoms with Crippen LogP contribution in [0, 0.1) is 6.92 Å². The quantitative estimate of drug-likeness (QED) is 0.529. The summed E-state index contributed by atoms with van der Waals surface area (Å²) in [5, 5.41) is 1.09. The van der Waals surface area contributed by atoms with Crippen molar-refractivity contribution in [2.45, 2.75) is 19.8 Å². The minimum Gasteiger partial charge on any atom is -0.492 e. The van der Waals surface area contributed by atoms with Gasteiger partial charge in [0.1, 0.15) is 12.4 Å². The first-order valence-electron chi connectivity index (χ1n) is 12.6. The van der Waals surface area contributed by atoms with Crippen molar-refractivity contribution in [1.82, 2.24) is 14.8 Å². The molecule has 0 N–H and O–H groups in total. The molecular formula is C29H36N4O. The van der Waals surface area contributed by atoms with Crippen LogP contribution in [0.2, 0.25) is 0 Å². The van der Waals surface area contributed by atoms with Crippen LogP contribution in [0.4, 0.5) is 5.69 Å². The number of piperidine rings is 1. The Morgan fingerprint density at radius 2 is 1.71 bits per heavy atom. The zero-order valence-corrected chi connectivity index (χ0v) is 20.5. The van der Waals surface area contributed by atoms with Gasteiger partial charge in [0.2, 0.25) is 0 Å². The lowest BCUT2D eigenvalue weighted by atomic mass is 10.0. The summed E-state index contributed by atoms with van der Waals surface area (Å²) in [6.07, 6.45) is 4.69. The zero-order valence-electron chi connectivity index (χ0n) is 20.5. The Bertz CT molecular complexity index is 1140. The van der Waals surface area contributed by atoms with E-state index in [1.807, 2.05) is 19.1 Å². The number of fused-ring (bicyclic) bond motifs is 1. The minimum atomic E-state index is 0.707. The highest BCUT2D eigenvalue weighted by Crippen LogP contribution is 2.25. The van der Waals surface area contributed by atoms with Crippen LogP contribution in [0.1, 0.15) is 24.1 Å². The lowest BCUT2D eigenvalue weighted by molar-refractivity contribution is 0.200. The molecule has 34 heavy (non-hydrogen) atoms. The second-order valence-electron chi connectivity index (χ2n) is 9.65. The summed E-state index contributed by atoms with van der Waals surface area (Å²) in [6, 6.07) is 19.4. The van der Waals surface area contributed by atoms with Crippen molar-refractivity contribution in [2.24, 2.45) is 0 Å². The van der Waals surface area contributed by atoms with E-state index in [2.05, 4.69) is 75.3 Å². The molecule has 2 fully saturated rings. The van der Waals surface area contributed by atoms with E-state index in [0.717, 1.165) is 81.0 Å². The van der Waals surface area contributed by atoms with Crippen LogP contribution in [-0.2, 0) is 0 Å². The van der Waals surface area contributed by atoms with Crippen LogP contribution < -0.4 is 9.64 Å². The van der Waals surface area contributed by atoms with Crippen molar-refractivity contribution < 1.29 is 4.74 Å². The van der Waals surface area contributed by atoms with E-state index >= 15 is 0 Å². The molecule has 0 bridgehead atoms. The number of pyridine rings is 1. The van der Waals surface area contributed by atoms with Crippen molar-refractivity contribution in [3.05, 3.63) is 71.4 Å². The number of aromatic nitrogens is 1. The fraction of sp³-hybridized carbons (Fsp3) is 0.414. The van der Waals surface area contributed by atoms with Crippen LogP contribution in [0.15, 0.2) is 60.2 Å². The predicted octanol–water partition coefficient (Wildman–Crippen LogP) is 4.85. The van der Waals surface area contributed by atoms with E-state index in [4.69, 9.17) is 4.74 Å². The largest absolute Gasteiger partial charge is 0.492 e. The first-order chi connectivity index (χ1) is 16.6. The second-order valence-corrected chi connectivity index (χ2v) is 9.65. The molecule has 0 aliphatic carbocycles. The lowest BCUT2D eigenvalue weighted by Gasteiger charge is -2.34. The Hall–Kier alpha value is -2.89. The number of rotatable bonds is 6. The Kier molecular flexibility index (Phi) is 7.12. The molecule has 0 unspecified atom stereocenters. The second kappa shape index (κ2) is 10.6. The Labute approximate surface area is 203 Å². The Morgan fingerprint density at radius 3 is 2.53 bits per heavy atom. The fourth-order valence-corrected chi connectivity index (χ4v) is 4.96. The van der Waals surface area contributed by atoms with E-state index < -0.39 is 0 Å². The molecule has 0 spiro atoms. The molecule has 2 aliphatic rings. The molecule has 3 heterocycles. The van der Waals surface area contributed by atoms with Gasteiger partial charge in [0.15, 0.2) is 0 Å². The third-order valence-electron chi connectivity index (χ3n) is 7.10. The minimum absolute atomic E-state index is 0.707. The van der Waals surface area contributed by atoms with Crippen LogP contribution in [0.3, 0.4) is 0 Å². The predicted molar refractivity (Wildman–Crippen MR) is 142 cm³/mol. The molecule has 0 amide bonds. The molecule has 178 valence electrons. The van der Waals surface area contributed by atoms with E-state index in [-0.39, 0.29) is 0 Å². The maximum absolute atomic E-state index is 6.16. The Morgan fingerprint density at radius 1 is 0.912 bits per heavy atom. The summed E-state index contributed by atoms with van der Waals surface area (Å²) in [4.78, 5) is 12.0. The molecule has 1 aromatic heterocycles. The van der Waals surface area contributed by atoms with Crippen LogP contribution in [-0.4, -0.2) is 74.3 Å². The first-order valence-corrected chi connectivity index (χ1v) is 12.6. The summed E-state index contributed by atoms with van der Waals surface area (Å²) in [6.45, 7) is 10.4. The van der Waals surface area contributed by atoms with Crippen molar-refractivity contribution in [2.75, 3.05) is 64.4 Å². The summed E-state index contributed by atoms with van der Waals surface area (Å²) in [5.74, 6) is 0.933. The number of benzene rings is 2. The SMILES string of the molecule is Cc1ccc2c(OCCN3CCC(=Cc4cccc(N5CCN(C)CC5)c4)CC3)cccc2n1. The van der Waals surface area contributed by atoms with Crippen LogP contribution in [0.25, 0.3) is 17.0 Å². The monoisotopic (exact) mass is 456 g/mol. The first kappa shape index (κ1) is 22.9. The van der Waals surface area contributed by atoms with Gasteiger partial charge in [-0.3, -0.25) is 9.88 Å². The normalized spacial score (nSPS) is 17.8. The molecule has 0 atom stereocenters. The number of nitrogens with zero attached hydrogens (tertiary/aromatic N) is 4. The molecule has 5 heteroatoms. The number of aryl methyl sites for hydroxylation is 1. The number of ether oxygens (including phenoxy) is 1. The van der Waals surface area contributed by atoms with Crippen molar-refractivity contribution in [3.8, 4) is 5.75 Å². The van der Waals surface area contributed by atoms with Crippen molar-refractivity contribution in [3.63, 3.8) is 0 Å². The van der Waals surface area contributed by atoms with E-state index in [1.165, 1.54) is 11.3 Å². The lowest BCUT2D eigenvalue weighted by Crippen LogP contribution is -2.44. The van der Waals surface area contributed by atoms with Gasteiger partial charge in [-0.1, -0.05) is 29.8 Å². The van der Waals surface area contributed by atoms with Crippen LogP contribution >= 0.6 is 0 Å². The van der Waals surface area contributed by atoms with E-state index in [1.54, 1.807) is 5.57 Å². The van der Waals surface area contributed by atoms with Gasteiger partial charge in [-0.05, 0) is 68.8 Å². The van der Waals surface area contributed by atoms with Gasteiger partial charge in [-0.15, -0.1) is 0 Å². The standard InChI is InChI=1S/C29H36N4O/c1-23-9-10-27-28(30-23)7-4-8-29(27)34-20-19-32-13-11-24(12-14-32)21-25-5-3-6-26(22-25)33-17-15-31(2)16-18-33/h3-10,21-22H,11-20H2,1-2H3. The van der Waals surface area contributed by atoms with E-state index in [0.29, 0.717) is 6.61 Å². The van der Waals surface area contributed by atoms with Gasteiger partial charge in [0.05, 0.1) is 5.52 Å². The molecule has 0 radical (unpaired) electrons. The molecule has 0 saturated carbocycles. The number of anilines is 1. The van der Waals surface area contributed by atoms with Gasteiger partial charge in [0.25, 0.3) is 0 Å². The third kappa shape index (κ3) is 5.60. The number of hydrogen-bond acceptors (Lipinski definition) is 5. The van der Waals surface area contributed by atoms with Crippen LogP contribution in [0.5, 0.6) is 5.75 Å². The van der Waals surface area contributed by atoms with Gasteiger partial charge in [-0.25, -0.2) is 0 Å². The fourth-order valence-electron chi connectivity index (χ4n) is 4.96. The highest BCUT2D eigenvalue weighted by molar-refractivity contribution is 5.85. The van der Waals surface area contributed by atoms with Gasteiger partial charge < -0.3 is 14.5 Å². The van der Waals surface area contributed by atoms with Crippen molar-refractivity contribution in [1.29, 1.82) is 0 Å². The molecule has 2 aromatic carbocycles. The molecule has 3 aromatic rings. The third-order valence-corrected chi connectivity index (χ3v) is 7.10. The van der Waals surface area contributed by atoms with Gasteiger partial charge in [-0.2, -0.15) is 0 Å². The average Bonchev–Trinajstić information content (AvgIpc) is 2.86. The maximum atomic E-state index is 6.16. The highest BCUT2D eigenvalue weighted by atomic mass is 16.5. The highest BCUT2D eigenvalue weighted by Gasteiger charge is 2.16. The molecule has 5 rings (SSSR count). The van der Waals surface area contributed by atoms with Gasteiger partial charge in [0, 0.05) is 62.6 Å². The number of likely N-dealkylation sites (tertiary alicyclic amines) is 1. The smallest absolute Gasteiger partial charge is 0.128 e. The molecule has 2 aliphatic heterocycles. The number of hydrogen-bond donors (Lipinski definition) is 0. The molecular weight excluding hydrogens is 420 g/mol. The summed E-state index contributed by atoms with van der Waals surface area (Å²) >= 11 is 0. The van der Waals surface area contributed by atoms with Gasteiger partial charge >= 0.3 is 0 Å². The van der Waals surface area contributed by atoms with E-state index in [9.17, 15) is 0 Å². The maximum Gasteiger partial charge on any atom is 0.128 e. The summed E-state index contributed by atoms with van der Waals surface area (Å²) in [7, 11) is 2.21. The Balaban J connectivity index is 1.12. The summed E-state index contributed by atoms with van der Waals surface area (Å²) in [5.41, 5.74) is 6.29. The number of piperazine rings is 1. The molecule has 5 nitrogen and oxygen atoms in total. The average molecular weight is 457 g/mol. The number of likely N-dealkylation sites (N-methyl/N-ethyl adjacent to an activating group) is 1. The van der Waals surface area contributed by atoms with Crippen molar-refractivity contribution >= 4 is 22.7 Å². The zero-order chi connectivity index (χ0) is 23.3. The molecule has 2 saturated heterocycles.